The Kier molecular flexibility index (Phi) is 8.01. The van der Waals surface area contributed by atoms with E-state index in [0.29, 0.717) is 31.6 Å². The second kappa shape index (κ2) is 10.0. The zero-order chi connectivity index (χ0) is 19.9. The van der Waals surface area contributed by atoms with E-state index in [1.54, 1.807) is 18.7 Å². The number of halogens is 3. The van der Waals surface area contributed by atoms with E-state index >= 15 is 0 Å². The van der Waals surface area contributed by atoms with Crippen LogP contribution in [0.3, 0.4) is 0 Å². The molecule has 1 aliphatic rings. The van der Waals surface area contributed by atoms with Crippen molar-refractivity contribution in [3.05, 3.63) is 29.8 Å². The maximum Gasteiger partial charge on any atom is 0.471 e. The highest BCUT2D eigenvalue weighted by Gasteiger charge is 2.43. The number of rotatable bonds is 7. The third-order valence-electron chi connectivity index (χ3n) is 4.47. The van der Waals surface area contributed by atoms with Gasteiger partial charge in [0.05, 0.1) is 13.0 Å². The lowest BCUT2D eigenvalue weighted by molar-refractivity contribution is -0.186. The van der Waals surface area contributed by atoms with E-state index < -0.39 is 12.1 Å². The standard InChI is InChI=1S/C19H24F3NO3S/c1-2-26-17(24)9-12-27-16-5-3-14(4-6-16)13-15-7-10-23(11-8-15)18(25)19(20,21)22/h3-6,15H,2,7-13H2,1H3. The van der Waals surface area contributed by atoms with Gasteiger partial charge in [-0.25, -0.2) is 0 Å². The molecule has 0 N–H and O–H groups in total. The number of carbonyl (C=O) groups excluding carboxylic acids is 2. The van der Waals surface area contributed by atoms with Crippen LogP contribution in [0, 0.1) is 5.92 Å². The minimum atomic E-state index is -4.78. The fourth-order valence-corrected chi connectivity index (χ4v) is 3.89. The molecule has 8 heteroatoms. The summed E-state index contributed by atoms with van der Waals surface area (Å²) in [5.74, 6) is -0.990. The Hall–Kier alpha value is -1.70. The van der Waals surface area contributed by atoms with Crippen LogP contribution < -0.4 is 0 Å². The highest BCUT2D eigenvalue weighted by molar-refractivity contribution is 7.99. The zero-order valence-electron chi connectivity index (χ0n) is 15.3. The summed E-state index contributed by atoms with van der Waals surface area (Å²) in [6.45, 7) is 2.49. The quantitative estimate of drug-likeness (QED) is 0.509. The highest BCUT2D eigenvalue weighted by Crippen LogP contribution is 2.27. The summed E-state index contributed by atoms with van der Waals surface area (Å²) >= 11 is 1.58. The summed E-state index contributed by atoms with van der Waals surface area (Å²) in [5, 5.41) is 0. The van der Waals surface area contributed by atoms with Gasteiger partial charge in [0.2, 0.25) is 0 Å². The first-order chi connectivity index (χ1) is 12.8. The molecule has 0 radical (unpaired) electrons. The average molecular weight is 403 g/mol. The number of ether oxygens (including phenoxy) is 1. The van der Waals surface area contributed by atoms with E-state index in [0.717, 1.165) is 21.8 Å². The molecular formula is C19H24F3NO3S. The van der Waals surface area contributed by atoms with Gasteiger partial charge in [0.15, 0.2) is 0 Å². The molecule has 0 aromatic heterocycles. The summed E-state index contributed by atoms with van der Waals surface area (Å²) in [6.07, 6.45) is -2.46. The summed E-state index contributed by atoms with van der Waals surface area (Å²) in [6, 6.07) is 8.01. The first kappa shape index (κ1) is 21.6. The lowest BCUT2D eigenvalue weighted by atomic mass is 9.90. The van der Waals surface area contributed by atoms with E-state index in [1.165, 1.54) is 0 Å². The molecule has 1 saturated heterocycles. The predicted octanol–water partition coefficient (Wildman–Crippen LogP) is 4.08. The number of alkyl halides is 3. The Balaban J connectivity index is 1.74. The molecule has 0 spiro atoms. The number of amides is 1. The normalized spacial score (nSPS) is 15.6. The van der Waals surface area contributed by atoms with Gasteiger partial charge >= 0.3 is 18.1 Å². The van der Waals surface area contributed by atoms with Crippen LogP contribution in [-0.4, -0.2) is 48.4 Å². The minimum Gasteiger partial charge on any atom is -0.466 e. The van der Waals surface area contributed by atoms with Crippen LogP contribution in [0.1, 0.15) is 31.7 Å². The van der Waals surface area contributed by atoms with Gasteiger partial charge in [-0.3, -0.25) is 9.59 Å². The first-order valence-corrected chi connectivity index (χ1v) is 10.0. The Morgan fingerprint density at radius 3 is 2.37 bits per heavy atom. The summed E-state index contributed by atoms with van der Waals surface area (Å²) in [5.41, 5.74) is 1.13. The lowest BCUT2D eigenvalue weighted by Crippen LogP contribution is -2.45. The Labute approximate surface area is 161 Å². The molecule has 1 aliphatic heterocycles. The van der Waals surface area contributed by atoms with Crippen molar-refractivity contribution in [2.75, 3.05) is 25.4 Å². The highest BCUT2D eigenvalue weighted by atomic mass is 32.2. The maximum absolute atomic E-state index is 12.5. The number of carbonyl (C=O) groups is 2. The summed E-state index contributed by atoms with van der Waals surface area (Å²) in [7, 11) is 0. The maximum atomic E-state index is 12.5. The van der Waals surface area contributed by atoms with E-state index in [9.17, 15) is 22.8 Å². The van der Waals surface area contributed by atoms with Gasteiger partial charge in [0.25, 0.3) is 0 Å². The molecule has 4 nitrogen and oxygen atoms in total. The van der Waals surface area contributed by atoms with Crippen molar-refractivity contribution in [1.82, 2.24) is 4.90 Å². The Morgan fingerprint density at radius 2 is 1.81 bits per heavy atom. The summed E-state index contributed by atoms with van der Waals surface area (Å²) in [4.78, 5) is 24.5. The summed E-state index contributed by atoms with van der Waals surface area (Å²) < 4.78 is 42.3. The number of likely N-dealkylation sites (tertiary alicyclic amines) is 1. The van der Waals surface area contributed by atoms with Crippen molar-refractivity contribution in [2.24, 2.45) is 5.92 Å². The lowest BCUT2D eigenvalue weighted by Gasteiger charge is -2.32. The number of esters is 1. The molecule has 1 aromatic rings. The van der Waals surface area contributed by atoms with E-state index in [4.69, 9.17) is 4.74 Å². The average Bonchev–Trinajstić information content (AvgIpc) is 2.63. The second-order valence-electron chi connectivity index (χ2n) is 6.48. The van der Waals surface area contributed by atoms with Gasteiger partial charge in [0, 0.05) is 23.7 Å². The topological polar surface area (TPSA) is 46.6 Å². The van der Waals surface area contributed by atoms with Crippen molar-refractivity contribution in [3.8, 4) is 0 Å². The monoisotopic (exact) mass is 403 g/mol. The van der Waals surface area contributed by atoms with Crippen LogP contribution in [0.15, 0.2) is 29.2 Å². The SMILES string of the molecule is CCOC(=O)CCSc1ccc(CC2CCN(C(=O)C(F)(F)F)CC2)cc1. The smallest absolute Gasteiger partial charge is 0.466 e. The van der Waals surface area contributed by atoms with Crippen LogP contribution in [-0.2, 0) is 20.7 Å². The Bertz CT molecular complexity index is 626. The first-order valence-electron chi connectivity index (χ1n) is 9.03. The van der Waals surface area contributed by atoms with E-state index in [1.807, 2.05) is 24.3 Å². The molecule has 1 fully saturated rings. The number of thioether (sulfide) groups is 1. The van der Waals surface area contributed by atoms with Gasteiger partial charge in [-0.05, 0) is 49.8 Å². The molecule has 0 unspecified atom stereocenters. The number of benzene rings is 1. The number of hydrogen-bond donors (Lipinski definition) is 0. The zero-order valence-corrected chi connectivity index (χ0v) is 16.1. The molecular weight excluding hydrogens is 379 g/mol. The number of piperidine rings is 1. The number of nitrogens with zero attached hydrogens (tertiary/aromatic N) is 1. The van der Waals surface area contributed by atoms with Crippen LogP contribution in [0.4, 0.5) is 13.2 Å². The Morgan fingerprint density at radius 1 is 1.19 bits per heavy atom. The molecule has 2 rings (SSSR count). The van der Waals surface area contributed by atoms with Crippen LogP contribution in [0.2, 0.25) is 0 Å². The van der Waals surface area contributed by atoms with Gasteiger partial charge in [0.1, 0.15) is 0 Å². The molecule has 1 heterocycles. The third-order valence-corrected chi connectivity index (χ3v) is 5.49. The minimum absolute atomic E-state index is 0.158. The molecule has 27 heavy (non-hydrogen) atoms. The van der Waals surface area contributed by atoms with Gasteiger partial charge in [-0.2, -0.15) is 13.2 Å². The third kappa shape index (κ3) is 7.08. The van der Waals surface area contributed by atoms with Crippen LogP contribution in [0.25, 0.3) is 0 Å². The fourth-order valence-electron chi connectivity index (χ4n) is 3.06. The van der Waals surface area contributed by atoms with Gasteiger partial charge < -0.3 is 9.64 Å². The van der Waals surface area contributed by atoms with Crippen LogP contribution in [0.5, 0.6) is 0 Å². The molecule has 150 valence electrons. The van der Waals surface area contributed by atoms with Gasteiger partial charge in [-0.15, -0.1) is 11.8 Å². The van der Waals surface area contributed by atoms with Crippen molar-refractivity contribution >= 4 is 23.6 Å². The van der Waals surface area contributed by atoms with Crippen molar-refractivity contribution in [3.63, 3.8) is 0 Å². The van der Waals surface area contributed by atoms with Crippen molar-refractivity contribution in [1.29, 1.82) is 0 Å². The largest absolute Gasteiger partial charge is 0.471 e. The van der Waals surface area contributed by atoms with Crippen molar-refractivity contribution in [2.45, 2.75) is 43.7 Å². The predicted molar refractivity (Wildman–Crippen MR) is 97.5 cm³/mol. The number of hydrogen-bond acceptors (Lipinski definition) is 4. The van der Waals surface area contributed by atoms with E-state index in [-0.39, 0.29) is 25.0 Å². The molecule has 0 aliphatic carbocycles. The molecule has 1 amide bonds. The fraction of sp³-hybridized carbons (Fsp3) is 0.579. The van der Waals surface area contributed by atoms with Crippen molar-refractivity contribution < 1.29 is 27.5 Å². The van der Waals surface area contributed by atoms with Crippen LogP contribution >= 0.6 is 11.8 Å². The molecule has 1 aromatic carbocycles. The van der Waals surface area contributed by atoms with E-state index in [2.05, 4.69) is 0 Å². The second-order valence-corrected chi connectivity index (χ2v) is 7.65. The molecule has 0 atom stereocenters. The molecule has 0 bridgehead atoms. The molecule has 0 saturated carbocycles. The van der Waals surface area contributed by atoms with Gasteiger partial charge in [-0.1, -0.05) is 12.1 Å².